The molecule has 0 unspecified atom stereocenters. The highest BCUT2D eigenvalue weighted by Crippen LogP contribution is 2.26. The molecule has 20 heavy (non-hydrogen) atoms. The predicted molar refractivity (Wildman–Crippen MR) is 83.5 cm³/mol. The van der Waals surface area contributed by atoms with Crippen molar-refractivity contribution in [3.8, 4) is 0 Å². The number of nitro benzene ring substituents is 1. The molecule has 7 heteroatoms. The van der Waals surface area contributed by atoms with Crippen LogP contribution >= 0.6 is 38.9 Å². The van der Waals surface area contributed by atoms with Gasteiger partial charge in [0.2, 0.25) is 0 Å². The molecule has 4 nitrogen and oxygen atoms in total. The van der Waals surface area contributed by atoms with Crippen molar-refractivity contribution < 1.29 is 9.72 Å². The summed E-state index contributed by atoms with van der Waals surface area (Å²) in [5.74, 6) is -0.311. The van der Waals surface area contributed by atoms with E-state index in [-0.39, 0.29) is 22.1 Å². The first-order chi connectivity index (χ1) is 9.47. The molecule has 0 aliphatic carbocycles. The molecule has 0 fully saturated rings. The molecule has 2 aromatic rings. The lowest BCUT2D eigenvalue weighted by Gasteiger charge is -1.98. The lowest BCUT2D eigenvalue weighted by Crippen LogP contribution is -1.97. The lowest BCUT2D eigenvalue weighted by molar-refractivity contribution is -0.384. The molecule has 1 aromatic carbocycles. The predicted octanol–water partition coefficient (Wildman–Crippen LogP) is 4.97. The van der Waals surface area contributed by atoms with Gasteiger partial charge >= 0.3 is 0 Å². The van der Waals surface area contributed by atoms with Crippen molar-refractivity contribution in [1.29, 1.82) is 0 Å². The van der Waals surface area contributed by atoms with Gasteiger partial charge in [0.25, 0.3) is 5.69 Å². The van der Waals surface area contributed by atoms with E-state index < -0.39 is 4.92 Å². The van der Waals surface area contributed by atoms with Crippen molar-refractivity contribution in [2.24, 2.45) is 0 Å². The largest absolute Gasteiger partial charge is 0.289 e. The van der Waals surface area contributed by atoms with E-state index >= 15 is 0 Å². The minimum Gasteiger partial charge on any atom is -0.289 e. The number of rotatable bonds is 4. The maximum Gasteiger partial charge on any atom is 0.288 e. The Hall–Kier alpha value is -1.50. The molecule has 0 saturated carbocycles. The number of halogens is 2. The Kier molecular flexibility index (Phi) is 4.69. The maximum absolute atomic E-state index is 12.0. The first kappa shape index (κ1) is 14.9. The summed E-state index contributed by atoms with van der Waals surface area (Å²) in [5.41, 5.74) is -0.0437. The van der Waals surface area contributed by atoms with Gasteiger partial charge in [0.05, 0.1) is 4.92 Å². The molecule has 0 amide bonds. The summed E-state index contributed by atoms with van der Waals surface area (Å²) in [6.45, 7) is 0. The van der Waals surface area contributed by atoms with E-state index in [4.69, 9.17) is 11.6 Å². The van der Waals surface area contributed by atoms with Crippen LogP contribution < -0.4 is 0 Å². The highest BCUT2D eigenvalue weighted by molar-refractivity contribution is 9.10. The second-order valence-corrected chi connectivity index (χ2v) is 6.05. The van der Waals surface area contributed by atoms with E-state index in [0.29, 0.717) is 0 Å². The number of nitrogens with zero attached hydrogens (tertiary/aromatic N) is 1. The number of hydrogen-bond donors (Lipinski definition) is 0. The summed E-state index contributed by atoms with van der Waals surface area (Å²) in [4.78, 5) is 23.0. The SMILES string of the molecule is O=C(/C=C/c1cc(Br)cs1)c1ccc(Cl)c([N+](=O)[O-])c1. The van der Waals surface area contributed by atoms with Gasteiger partial charge in [-0.1, -0.05) is 11.6 Å². The van der Waals surface area contributed by atoms with E-state index in [2.05, 4.69) is 15.9 Å². The minimum absolute atomic E-state index is 0.0118. The normalized spacial score (nSPS) is 10.9. The zero-order valence-electron chi connectivity index (χ0n) is 9.88. The number of carbonyl (C=O) groups excluding carboxylic acids is 1. The third kappa shape index (κ3) is 3.53. The van der Waals surface area contributed by atoms with Gasteiger partial charge in [-0.25, -0.2) is 0 Å². The fourth-order valence-electron chi connectivity index (χ4n) is 1.48. The van der Waals surface area contributed by atoms with Gasteiger partial charge < -0.3 is 0 Å². The van der Waals surface area contributed by atoms with E-state index in [1.54, 1.807) is 6.08 Å². The van der Waals surface area contributed by atoms with Crippen LogP contribution in [-0.4, -0.2) is 10.7 Å². The fraction of sp³-hybridized carbons (Fsp3) is 0. The summed E-state index contributed by atoms with van der Waals surface area (Å²) in [6, 6.07) is 5.87. The Morgan fingerprint density at radius 3 is 2.75 bits per heavy atom. The monoisotopic (exact) mass is 371 g/mol. The minimum atomic E-state index is -0.612. The van der Waals surface area contributed by atoms with E-state index in [9.17, 15) is 14.9 Å². The molecule has 0 radical (unpaired) electrons. The lowest BCUT2D eigenvalue weighted by atomic mass is 10.1. The number of thiophene rings is 1. The number of allylic oxidation sites excluding steroid dienone is 1. The molecule has 0 aliphatic heterocycles. The van der Waals surface area contributed by atoms with Crippen LogP contribution in [0.4, 0.5) is 5.69 Å². The molecule has 2 rings (SSSR count). The van der Waals surface area contributed by atoms with Crippen LogP contribution in [0.2, 0.25) is 5.02 Å². The van der Waals surface area contributed by atoms with Gasteiger partial charge in [-0.3, -0.25) is 14.9 Å². The molecule has 0 saturated heterocycles. The third-order valence-corrected chi connectivity index (χ3v) is 4.39. The molecule has 0 atom stereocenters. The maximum atomic E-state index is 12.0. The van der Waals surface area contributed by atoms with E-state index in [1.165, 1.54) is 35.6 Å². The van der Waals surface area contributed by atoms with Gasteiger partial charge in [0, 0.05) is 26.4 Å². The Balaban J connectivity index is 2.23. The first-order valence-corrected chi connectivity index (χ1v) is 7.43. The van der Waals surface area contributed by atoms with Gasteiger partial charge in [-0.15, -0.1) is 11.3 Å². The van der Waals surface area contributed by atoms with Crippen LogP contribution in [0.3, 0.4) is 0 Å². The highest BCUT2D eigenvalue weighted by atomic mass is 79.9. The van der Waals surface area contributed by atoms with Crippen molar-refractivity contribution in [1.82, 2.24) is 0 Å². The zero-order chi connectivity index (χ0) is 14.7. The average Bonchev–Trinajstić information content (AvgIpc) is 2.82. The van der Waals surface area contributed by atoms with Gasteiger partial charge in [0.15, 0.2) is 5.78 Å². The molecule has 0 bridgehead atoms. The topological polar surface area (TPSA) is 60.2 Å². The van der Waals surface area contributed by atoms with Crippen LogP contribution in [0.1, 0.15) is 15.2 Å². The van der Waals surface area contributed by atoms with Crippen LogP contribution in [0.25, 0.3) is 6.08 Å². The first-order valence-electron chi connectivity index (χ1n) is 5.38. The van der Waals surface area contributed by atoms with Crippen molar-refractivity contribution in [3.63, 3.8) is 0 Å². The quantitative estimate of drug-likeness (QED) is 0.329. The van der Waals surface area contributed by atoms with Crippen molar-refractivity contribution >= 4 is 56.4 Å². The van der Waals surface area contributed by atoms with E-state index in [1.807, 2.05) is 11.4 Å². The summed E-state index contributed by atoms with van der Waals surface area (Å²) in [5, 5.41) is 12.7. The second-order valence-electron chi connectivity index (χ2n) is 3.79. The zero-order valence-corrected chi connectivity index (χ0v) is 13.0. The third-order valence-electron chi connectivity index (χ3n) is 2.41. The molecule has 0 spiro atoms. The van der Waals surface area contributed by atoms with Crippen molar-refractivity contribution in [2.45, 2.75) is 0 Å². The van der Waals surface area contributed by atoms with E-state index in [0.717, 1.165) is 9.35 Å². The molecule has 0 aliphatic rings. The van der Waals surface area contributed by atoms with Crippen molar-refractivity contribution in [3.05, 3.63) is 65.8 Å². The van der Waals surface area contributed by atoms with Gasteiger partial charge in [-0.05, 0) is 46.3 Å². The molecule has 0 N–H and O–H groups in total. The van der Waals surface area contributed by atoms with Crippen LogP contribution in [-0.2, 0) is 0 Å². The molecular weight excluding hydrogens is 366 g/mol. The van der Waals surface area contributed by atoms with Crippen molar-refractivity contribution in [2.75, 3.05) is 0 Å². The summed E-state index contributed by atoms with van der Waals surface area (Å²) in [7, 11) is 0. The molecule has 1 aromatic heterocycles. The Bertz CT molecular complexity index is 711. The number of hydrogen-bond acceptors (Lipinski definition) is 4. The molecule has 102 valence electrons. The Labute approximate surface area is 132 Å². The van der Waals surface area contributed by atoms with Gasteiger partial charge in [0.1, 0.15) is 5.02 Å². The summed E-state index contributed by atoms with van der Waals surface area (Å²) >= 11 is 10.5. The number of nitro groups is 1. The number of benzene rings is 1. The second kappa shape index (κ2) is 6.30. The summed E-state index contributed by atoms with van der Waals surface area (Å²) in [6.07, 6.45) is 3.05. The Morgan fingerprint density at radius 1 is 1.40 bits per heavy atom. The Morgan fingerprint density at radius 2 is 2.15 bits per heavy atom. The van der Waals surface area contributed by atoms with Gasteiger partial charge in [-0.2, -0.15) is 0 Å². The standard InChI is InChI=1S/C13H7BrClNO3S/c14-9-6-10(20-7-9)2-4-13(17)8-1-3-11(15)12(5-8)16(18)19/h1-7H/b4-2+. The smallest absolute Gasteiger partial charge is 0.288 e. The van der Waals surface area contributed by atoms with Crippen LogP contribution in [0, 0.1) is 10.1 Å². The fourth-order valence-corrected chi connectivity index (χ4v) is 3.00. The summed E-state index contributed by atoms with van der Waals surface area (Å²) < 4.78 is 0.941. The number of carbonyl (C=O) groups is 1. The molecule has 1 heterocycles. The van der Waals surface area contributed by atoms with Crippen LogP contribution in [0.15, 0.2) is 40.2 Å². The average molecular weight is 373 g/mol. The van der Waals surface area contributed by atoms with Crippen LogP contribution in [0.5, 0.6) is 0 Å². The number of ketones is 1. The highest BCUT2D eigenvalue weighted by Gasteiger charge is 2.14. The molecular formula is C13H7BrClNO3S.